The van der Waals surface area contributed by atoms with Gasteiger partial charge in [-0.2, -0.15) is 5.26 Å². The van der Waals surface area contributed by atoms with E-state index in [1.54, 1.807) is 35.4 Å². The van der Waals surface area contributed by atoms with Gasteiger partial charge in [-0.05, 0) is 49.2 Å². The van der Waals surface area contributed by atoms with E-state index in [-0.39, 0.29) is 11.9 Å². The summed E-state index contributed by atoms with van der Waals surface area (Å²) in [6.45, 7) is 2.03. The Kier molecular flexibility index (Phi) is 4.27. The van der Waals surface area contributed by atoms with Crippen LogP contribution in [0.4, 0.5) is 17.3 Å². The predicted octanol–water partition coefficient (Wildman–Crippen LogP) is 3.68. The molecular weight excluding hydrogens is 338 g/mol. The lowest BCUT2D eigenvalue weighted by Crippen LogP contribution is -2.36. The molecule has 1 aliphatic heterocycles. The van der Waals surface area contributed by atoms with E-state index in [9.17, 15) is 4.79 Å². The maximum Gasteiger partial charge on any atom is 0.277 e. The topological polar surface area (TPSA) is 81.9 Å². The number of amides is 1. The number of nitrogens with one attached hydrogen (secondary N) is 1. The highest BCUT2D eigenvalue weighted by Gasteiger charge is 2.31. The van der Waals surface area contributed by atoms with E-state index in [0.29, 0.717) is 22.9 Å². The Balaban J connectivity index is 1.61. The Bertz CT molecular complexity index is 1060. The van der Waals surface area contributed by atoms with Crippen LogP contribution in [-0.4, -0.2) is 21.9 Å². The van der Waals surface area contributed by atoms with Crippen molar-refractivity contribution in [2.45, 2.75) is 19.4 Å². The molecular formula is C21H17N5O. The summed E-state index contributed by atoms with van der Waals surface area (Å²) in [5.41, 5.74) is 3.66. The van der Waals surface area contributed by atoms with Gasteiger partial charge in [0.15, 0.2) is 0 Å². The number of anilines is 3. The van der Waals surface area contributed by atoms with Crippen LogP contribution in [0.25, 0.3) is 0 Å². The maximum absolute atomic E-state index is 13.1. The lowest BCUT2D eigenvalue weighted by molar-refractivity contribution is 0.0976. The molecule has 1 aromatic heterocycles. The Hall–Kier alpha value is -3.72. The second-order valence-electron chi connectivity index (χ2n) is 6.44. The average Bonchev–Trinajstić information content (AvgIpc) is 3.03. The minimum atomic E-state index is -0.149. The van der Waals surface area contributed by atoms with Crippen molar-refractivity contribution in [2.75, 3.05) is 10.2 Å². The summed E-state index contributed by atoms with van der Waals surface area (Å²) in [5.74, 6) is 0.166. The van der Waals surface area contributed by atoms with E-state index in [2.05, 4.69) is 21.4 Å². The minimum absolute atomic E-state index is 0.0774. The number of carbonyl (C=O) groups excluding carboxylic acids is 1. The molecule has 0 saturated carbocycles. The summed E-state index contributed by atoms with van der Waals surface area (Å²) in [6, 6.07) is 18.7. The summed E-state index contributed by atoms with van der Waals surface area (Å²) in [4.78, 5) is 23.4. The van der Waals surface area contributed by atoms with Gasteiger partial charge in [-0.25, -0.2) is 9.97 Å². The Labute approximate surface area is 157 Å². The third-order valence-electron chi connectivity index (χ3n) is 4.55. The van der Waals surface area contributed by atoms with E-state index >= 15 is 0 Å². The normalized spacial score (nSPS) is 15.1. The van der Waals surface area contributed by atoms with Crippen LogP contribution in [0.15, 0.2) is 60.8 Å². The summed E-state index contributed by atoms with van der Waals surface area (Å²) in [7, 11) is 0. The second kappa shape index (κ2) is 6.89. The zero-order chi connectivity index (χ0) is 18.8. The molecule has 3 aromatic rings. The third kappa shape index (κ3) is 3.23. The van der Waals surface area contributed by atoms with Gasteiger partial charge < -0.3 is 10.2 Å². The molecule has 2 aromatic carbocycles. The van der Waals surface area contributed by atoms with Crippen LogP contribution in [0.1, 0.15) is 28.5 Å². The number of para-hydroxylation sites is 1. The number of rotatable bonds is 3. The number of nitrogens with zero attached hydrogens (tertiary/aromatic N) is 4. The first-order valence-corrected chi connectivity index (χ1v) is 8.67. The largest absolute Gasteiger partial charge is 0.324 e. The zero-order valence-corrected chi connectivity index (χ0v) is 14.8. The van der Waals surface area contributed by atoms with Crippen LogP contribution < -0.4 is 10.2 Å². The van der Waals surface area contributed by atoms with Gasteiger partial charge in [0.2, 0.25) is 5.95 Å². The number of hydrogen-bond acceptors (Lipinski definition) is 5. The SMILES string of the molecule is CC1Cc2ccccc2N1C(=O)c1ccnc(Nc2cccc(C#N)c2)n1. The molecule has 0 saturated heterocycles. The fraction of sp³-hybridized carbons (Fsp3) is 0.143. The molecule has 1 unspecified atom stereocenters. The zero-order valence-electron chi connectivity index (χ0n) is 14.8. The standard InChI is InChI=1S/C21H17N5O/c1-14-11-16-6-2-3-8-19(16)26(14)20(27)18-9-10-23-21(25-18)24-17-7-4-5-15(12-17)13-22/h2-10,12,14H,11H2,1H3,(H,23,24,25). The molecule has 1 amide bonds. The van der Waals surface area contributed by atoms with Gasteiger partial charge in [-0.1, -0.05) is 24.3 Å². The highest BCUT2D eigenvalue weighted by molar-refractivity contribution is 6.06. The fourth-order valence-corrected chi connectivity index (χ4v) is 3.33. The van der Waals surface area contributed by atoms with Crippen LogP contribution in [0.3, 0.4) is 0 Å². The Morgan fingerprint density at radius 1 is 1.22 bits per heavy atom. The van der Waals surface area contributed by atoms with Crippen LogP contribution in [0.5, 0.6) is 0 Å². The Morgan fingerprint density at radius 2 is 2.07 bits per heavy atom. The molecule has 0 bridgehead atoms. The highest BCUT2D eigenvalue weighted by Crippen LogP contribution is 2.32. The quantitative estimate of drug-likeness (QED) is 0.775. The molecule has 6 heteroatoms. The number of carbonyl (C=O) groups is 1. The minimum Gasteiger partial charge on any atom is -0.324 e. The summed E-state index contributed by atoms with van der Waals surface area (Å²) < 4.78 is 0. The molecule has 132 valence electrons. The highest BCUT2D eigenvalue weighted by atomic mass is 16.2. The summed E-state index contributed by atoms with van der Waals surface area (Å²) in [6.07, 6.45) is 2.39. The first-order chi connectivity index (χ1) is 13.2. The van der Waals surface area contributed by atoms with Gasteiger partial charge in [0, 0.05) is 23.6 Å². The molecule has 0 radical (unpaired) electrons. The van der Waals surface area contributed by atoms with Crippen LogP contribution in [0.2, 0.25) is 0 Å². The van der Waals surface area contributed by atoms with Crippen molar-refractivity contribution in [1.29, 1.82) is 5.26 Å². The maximum atomic E-state index is 13.1. The molecule has 4 rings (SSSR count). The number of aromatic nitrogens is 2. The first kappa shape index (κ1) is 16.7. The number of benzene rings is 2. The van der Waals surface area contributed by atoms with Crippen LogP contribution >= 0.6 is 0 Å². The van der Waals surface area contributed by atoms with Gasteiger partial charge in [-0.15, -0.1) is 0 Å². The third-order valence-corrected chi connectivity index (χ3v) is 4.55. The second-order valence-corrected chi connectivity index (χ2v) is 6.44. The molecule has 1 aliphatic rings. The van der Waals surface area contributed by atoms with Crippen molar-refractivity contribution >= 4 is 23.2 Å². The molecule has 0 spiro atoms. The predicted molar refractivity (Wildman–Crippen MR) is 103 cm³/mol. The molecule has 1 N–H and O–H groups in total. The van der Waals surface area contributed by atoms with Crippen LogP contribution in [0, 0.1) is 11.3 Å². The van der Waals surface area contributed by atoms with Gasteiger partial charge >= 0.3 is 0 Å². The summed E-state index contributed by atoms with van der Waals surface area (Å²) in [5, 5.41) is 12.1. The first-order valence-electron chi connectivity index (χ1n) is 8.67. The van der Waals surface area contributed by atoms with Gasteiger partial charge in [-0.3, -0.25) is 4.79 Å². The lowest BCUT2D eigenvalue weighted by atomic mass is 10.1. The lowest BCUT2D eigenvalue weighted by Gasteiger charge is -2.22. The summed E-state index contributed by atoms with van der Waals surface area (Å²) >= 11 is 0. The molecule has 6 nitrogen and oxygen atoms in total. The van der Waals surface area contributed by atoms with E-state index in [1.165, 1.54) is 5.56 Å². The van der Waals surface area contributed by atoms with E-state index in [0.717, 1.165) is 12.1 Å². The monoisotopic (exact) mass is 355 g/mol. The van der Waals surface area contributed by atoms with E-state index < -0.39 is 0 Å². The smallest absolute Gasteiger partial charge is 0.277 e. The molecule has 1 atom stereocenters. The number of fused-ring (bicyclic) bond motifs is 1. The van der Waals surface area contributed by atoms with Gasteiger partial charge in [0.25, 0.3) is 5.91 Å². The molecule has 0 aliphatic carbocycles. The number of hydrogen-bond donors (Lipinski definition) is 1. The van der Waals surface area contributed by atoms with Crippen molar-refractivity contribution in [3.8, 4) is 6.07 Å². The molecule has 27 heavy (non-hydrogen) atoms. The van der Waals surface area contributed by atoms with Crippen molar-refractivity contribution in [3.05, 3.63) is 77.6 Å². The van der Waals surface area contributed by atoms with E-state index in [4.69, 9.17) is 5.26 Å². The Morgan fingerprint density at radius 3 is 2.93 bits per heavy atom. The molecule has 0 fully saturated rings. The average molecular weight is 355 g/mol. The van der Waals surface area contributed by atoms with Gasteiger partial charge in [0.1, 0.15) is 5.69 Å². The van der Waals surface area contributed by atoms with Crippen molar-refractivity contribution < 1.29 is 4.79 Å². The van der Waals surface area contributed by atoms with Crippen molar-refractivity contribution in [3.63, 3.8) is 0 Å². The van der Waals surface area contributed by atoms with E-state index in [1.807, 2.05) is 37.3 Å². The van der Waals surface area contributed by atoms with Crippen molar-refractivity contribution in [2.24, 2.45) is 0 Å². The van der Waals surface area contributed by atoms with Gasteiger partial charge in [0.05, 0.1) is 11.6 Å². The molecule has 2 heterocycles. The van der Waals surface area contributed by atoms with Crippen LogP contribution in [-0.2, 0) is 6.42 Å². The number of nitriles is 1. The fourth-order valence-electron chi connectivity index (χ4n) is 3.33. The van der Waals surface area contributed by atoms with Crippen molar-refractivity contribution in [1.82, 2.24) is 9.97 Å².